The van der Waals surface area contributed by atoms with Crippen LogP contribution in [-0.4, -0.2) is 26.6 Å². The number of amides is 2. The number of aromatic nitrogens is 3. The maximum Gasteiger partial charge on any atom is 0.437 e. The summed E-state index contributed by atoms with van der Waals surface area (Å²) in [5.74, 6) is -2.69. The van der Waals surface area contributed by atoms with Gasteiger partial charge in [-0.25, -0.2) is 9.37 Å². The highest BCUT2D eigenvalue weighted by molar-refractivity contribution is 7.12. The van der Waals surface area contributed by atoms with Crippen molar-refractivity contribution in [2.45, 2.75) is 19.6 Å². The van der Waals surface area contributed by atoms with Crippen LogP contribution in [0.15, 0.2) is 36.4 Å². The second-order valence-corrected chi connectivity index (χ2v) is 8.55. The minimum absolute atomic E-state index is 0.000425. The third-order valence-electron chi connectivity index (χ3n) is 5.06. The Balaban J connectivity index is 1.74. The van der Waals surface area contributed by atoms with Crippen LogP contribution in [0.4, 0.5) is 23.2 Å². The number of nitrogens with one attached hydrogen (secondary N) is 1. The molecule has 0 unspecified atom stereocenters. The van der Waals surface area contributed by atoms with Crippen LogP contribution in [0, 0.1) is 24.1 Å². The molecule has 0 saturated heterocycles. The lowest BCUT2D eigenvalue weighted by atomic mass is 10.1. The summed E-state index contributed by atoms with van der Waals surface area (Å²) < 4.78 is 55.9. The number of carbonyl (C=O) groups excluding carboxylic acids is 2. The average Bonchev–Trinajstić information content (AvgIpc) is 3.37. The average molecular weight is 502 g/mol. The van der Waals surface area contributed by atoms with Crippen molar-refractivity contribution in [1.82, 2.24) is 14.8 Å². The number of alkyl halides is 3. The molecule has 3 N–H and O–H groups in total. The van der Waals surface area contributed by atoms with Gasteiger partial charge in [-0.3, -0.25) is 14.3 Å². The summed E-state index contributed by atoms with van der Waals surface area (Å²) in [7, 11) is 0. The first-order chi connectivity index (χ1) is 16.5. The molecule has 0 aliphatic heterocycles. The number of thiophene rings is 1. The molecule has 13 heteroatoms. The Kier molecular flexibility index (Phi) is 5.99. The van der Waals surface area contributed by atoms with Crippen molar-refractivity contribution in [2.75, 3.05) is 5.32 Å². The summed E-state index contributed by atoms with van der Waals surface area (Å²) in [6, 6.07) is 9.43. The van der Waals surface area contributed by atoms with E-state index in [1.54, 1.807) is 6.07 Å². The number of halogens is 4. The topological polar surface area (TPSA) is 127 Å². The minimum atomic E-state index is -4.90. The highest BCUT2D eigenvalue weighted by Crippen LogP contribution is 2.36. The van der Waals surface area contributed by atoms with Crippen molar-refractivity contribution >= 4 is 39.7 Å². The van der Waals surface area contributed by atoms with Crippen LogP contribution < -0.4 is 11.1 Å². The van der Waals surface area contributed by atoms with Crippen molar-refractivity contribution in [3.8, 4) is 6.07 Å². The van der Waals surface area contributed by atoms with Gasteiger partial charge in [-0.2, -0.15) is 23.5 Å². The molecule has 4 aromatic rings. The van der Waals surface area contributed by atoms with Gasteiger partial charge < -0.3 is 11.1 Å². The van der Waals surface area contributed by atoms with Crippen molar-refractivity contribution in [3.05, 3.63) is 74.6 Å². The highest BCUT2D eigenvalue weighted by Gasteiger charge is 2.39. The Bertz CT molecular complexity index is 1530. The molecule has 0 spiro atoms. The van der Waals surface area contributed by atoms with Crippen molar-refractivity contribution < 1.29 is 27.2 Å². The summed E-state index contributed by atoms with van der Waals surface area (Å²) in [4.78, 5) is 29.7. The van der Waals surface area contributed by atoms with E-state index in [1.165, 1.54) is 19.1 Å². The van der Waals surface area contributed by atoms with Gasteiger partial charge in [0.2, 0.25) is 5.91 Å². The number of fused-ring (bicyclic) bond motifs is 1. The number of nitriles is 1. The number of hydrogen-bond donors (Lipinski definition) is 2. The first-order valence-electron chi connectivity index (χ1n) is 9.82. The van der Waals surface area contributed by atoms with Gasteiger partial charge in [-0.05, 0) is 37.3 Å². The van der Waals surface area contributed by atoms with Gasteiger partial charge in [-0.1, -0.05) is 0 Å². The Labute approximate surface area is 198 Å². The number of nitrogens with zero attached hydrogens (tertiary/aromatic N) is 4. The third-order valence-corrected chi connectivity index (χ3v) is 6.04. The van der Waals surface area contributed by atoms with E-state index in [4.69, 9.17) is 11.0 Å². The van der Waals surface area contributed by atoms with E-state index >= 15 is 0 Å². The van der Waals surface area contributed by atoms with E-state index in [1.807, 2.05) is 6.07 Å². The summed E-state index contributed by atoms with van der Waals surface area (Å²) >= 11 is 1.10. The van der Waals surface area contributed by atoms with Crippen molar-refractivity contribution in [3.63, 3.8) is 0 Å². The van der Waals surface area contributed by atoms with E-state index in [0.29, 0.717) is 9.75 Å². The smallest absolute Gasteiger partial charge is 0.366 e. The Morgan fingerprint density at radius 2 is 1.97 bits per heavy atom. The molecule has 4 rings (SSSR count). The molecule has 0 saturated carbocycles. The monoisotopic (exact) mass is 502 g/mol. The number of anilines is 1. The van der Waals surface area contributed by atoms with Gasteiger partial charge in [0.05, 0.1) is 29.0 Å². The number of benzene rings is 1. The predicted molar refractivity (Wildman–Crippen MR) is 118 cm³/mol. The van der Waals surface area contributed by atoms with Crippen LogP contribution >= 0.6 is 11.3 Å². The molecular formula is C22H14F4N6O2S. The number of carbonyl (C=O) groups is 2. The fourth-order valence-corrected chi connectivity index (χ4v) is 4.21. The van der Waals surface area contributed by atoms with E-state index in [2.05, 4.69) is 15.4 Å². The molecule has 2 amide bonds. The summed E-state index contributed by atoms with van der Waals surface area (Å²) in [5.41, 5.74) is 2.78. The van der Waals surface area contributed by atoms with E-state index in [0.717, 1.165) is 34.2 Å². The zero-order valence-electron chi connectivity index (χ0n) is 17.8. The molecule has 0 bridgehead atoms. The van der Waals surface area contributed by atoms with Crippen LogP contribution in [0.25, 0.3) is 10.9 Å². The molecule has 1 aromatic carbocycles. The molecule has 3 heterocycles. The fraction of sp³-hybridized carbons (Fsp3) is 0.136. The quantitative estimate of drug-likeness (QED) is 0.395. The standard InChI is InChI=1S/C22H14F4N6O2S/c1-10-18(19(22(24,25)26)31-32(10)9-13-4-3-12(8-27)35-13)30-21(34)17-7-15(20(28)33)14-5-2-11(23)6-16(14)29-17/h2-7H,9H2,1H3,(H2,28,33)(H,30,34). The zero-order valence-corrected chi connectivity index (χ0v) is 18.6. The van der Waals surface area contributed by atoms with Gasteiger partial charge in [0.1, 0.15) is 22.5 Å². The SMILES string of the molecule is Cc1c(NC(=O)c2cc(C(N)=O)c3ccc(F)cc3n2)c(C(F)(F)F)nn1Cc1ccc(C#N)s1. The van der Waals surface area contributed by atoms with Gasteiger partial charge in [0.25, 0.3) is 5.91 Å². The summed E-state index contributed by atoms with van der Waals surface area (Å²) in [5, 5.41) is 14.9. The zero-order chi connectivity index (χ0) is 25.5. The molecule has 8 nitrogen and oxygen atoms in total. The van der Waals surface area contributed by atoms with Gasteiger partial charge in [-0.15, -0.1) is 11.3 Å². The van der Waals surface area contributed by atoms with E-state index in [9.17, 15) is 27.2 Å². The van der Waals surface area contributed by atoms with Gasteiger partial charge in [0.15, 0.2) is 5.69 Å². The number of pyridine rings is 1. The second-order valence-electron chi connectivity index (χ2n) is 7.38. The maximum absolute atomic E-state index is 13.7. The normalized spacial score (nSPS) is 11.4. The molecule has 0 aliphatic rings. The lowest BCUT2D eigenvalue weighted by Crippen LogP contribution is -2.19. The van der Waals surface area contributed by atoms with Gasteiger partial charge in [0, 0.05) is 16.3 Å². The van der Waals surface area contributed by atoms with Crippen LogP contribution in [0.2, 0.25) is 0 Å². The Morgan fingerprint density at radius 1 is 1.23 bits per heavy atom. The number of nitrogens with two attached hydrogens (primary N) is 1. The first kappa shape index (κ1) is 23.8. The fourth-order valence-electron chi connectivity index (χ4n) is 3.42. The summed E-state index contributed by atoms with van der Waals surface area (Å²) in [6.45, 7) is 1.28. The highest BCUT2D eigenvalue weighted by atomic mass is 32.1. The van der Waals surface area contributed by atoms with Crippen molar-refractivity contribution in [1.29, 1.82) is 5.26 Å². The predicted octanol–water partition coefficient (Wildman–Crippen LogP) is 4.23. The van der Waals surface area contributed by atoms with Crippen LogP contribution in [-0.2, 0) is 12.7 Å². The molecule has 178 valence electrons. The minimum Gasteiger partial charge on any atom is -0.366 e. The molecular weight excluding hydrogens is 488 g/mol. The van der Waals surface area contributed by atoms with E-state index in [-0.39, 0.29) is 28.7 Å². The Morgan fingerprint density at radius 3 is 2.60 bits per heavy atom. The van der Waals surface area contributed by atoms with E-state index < -0.39 is 40.9 Å². The molecule has 35 heavy (non-hydrogen) atoms. The lowest BCUT2D eigenvalue weighted by Gasteiger charge is -2.10. The molecule has 0 radical (unpaired) electrons. The lowest BCUT2D eigenvalue weighted by molar-refractivity contribution is -0.140. The first-order valence-corrected chi connectivity index (χ1v) is 10.6. The molecule has 3 aromatic heterocycles. The maximum atomic E-state index is 13.7. The number of primary amides is 1. The summed E-state index contributed by atoms with van der Waals surface area (Å²) in [6.07, 6.45) is -4.90. The second kappa shape index (κ2) is 8.80. The van der Waals surface area contributed by atoms with Crippen LogP contribution in [0.3, 0.4) is 0 Å². The van der Waals surface area contributed by atoms with Crippen LogP contribution in [0.1, 0.15) is 42.0 Å². The van der Waals surface area contributed by atoms with Crippen LogP contribution in [0.5, 0.6) is 0 Å². The van der Waals surface area contributed by atoms with Crippen molar-refractivity contribution in [2.24, 2.45) is 5.73 Å². The molecule has 0 fully saturated rings. The molecule has 0 atom stereocenters. The third kappa shape index (κ3) is 4.69. The number of rotatable bonds is 5. The number of hydrogen-bond acceptors (Lipinski definition) is 6. The molecule has 0 aliphatic carbocycles. The largest absolute Gasteiger partial charge is 0.437 e. The van der Waals surface area contributed by atoms with Gasteiger partial charge >= 0.3 is 6.18 Å². The Hall–Kier alpha value is -4.31.